The van der Waals surface area contributed by atoms with Gasteiger partial charge in [-0.1, -0.05) is 41.4 Å². The van der Waals surface area contributed by atoms with Gasteiger partial charge >= 0.3 is 0 Å². The normalized spacial score (nSPS) is 11.8. The van der Waals surface area contributed by atoms with E-state index < -0.39 is 11.9 Å². The van der Waals surface area contributed by atoms with Gasteiger partial charge in [-0.2, -0.15) is 0 Å². The Balaban J connectivity index is 2.60. The molecule has 0 aliphatic rings. The molecule has 0 spiro atoms. The van der Waals surface area contributed by atoms with Gasteiger partial charge in [0.15, 0.2) is 5.78 Å². The summed E-state index contributed by atoms with van der Waals surface area (Å²) in [4.78, 5) is 25.5. The number of ketones is 1. The molecular weight excluding hydrogens is 335 g/mol. The second kappa shape index (κ2) is 7.02. The zero-order valence-electron chi connectivity index (χ0n) is 12.7. The van der Waals surface area contributed by atoms with Crippen LogP contribution in [0.5, 0.6) is 0 Å². The number of carbonyl (C=O) groups is 2. The van der Waals surface area contributed by atoms with E-state index in [1.165, 1.54) is 6.92 Å². The number of benzene rings is 2. The van der Waals surface area contributed by atoms with Crippen molar-refractivity contribution in [1.29, 1.82) is 0 Å². The van der Waals surface area contributed by atoms with Gasteiger partial charge < -0.3 is 10.6 Å². The summed E-state index contributed by atoms with van der Waals surface area (Å²) < 4.78 is 0. The number of amides is 1. The number of anilines is 1. The number of rotatable bonds is 5. The third kappa shape index (κ3) is 3.49. The van der Waals surface area contributed by atoms with E-state index in [0.29, 0.717) is 26.9 Å². The zero-order valence-corrected chi connectivity index (χ0v) is 14.2. The van der Waals surface area contributed by atoms with E-state index in [0.717, 1.165) is 0 Å². The van der Waals surface area contributed by atoms with Gasteiger partial charge in [0.05, 0.1) is 0 Å². The number of Topliss-reactive ketones (excluding diaryl/α,β-unsaturated/α-hetero) is 1. The first-order chi connectivity index (χ1) is 10.8. The number of carbonyl (C=O) groups excluding carboxylic acids is 2. The number of para-hydroxylation sites is 1. The molecule has 1 atom stereocenters. The highest BCUT2D eigenvalue weighted by molar-refractivity contribution is 6.36. The lowest BCUT2D eigenvalue weighted by molar-refractivity contribution is -0.119. The quantitative estimate of drug-likeness (QED) is 0.832. The second-order valence-electron chi connectivity index (χ2n) is 5.12. The van der Waals surface area contributed by atoms with Crippen LogP contribution in [0, 0.1) is 0 Å². The molecule has 23 heavy (non-hydrogen) atoms. The van der Waals surface area contributed by atoms with E-state index in [4.69, 9.17) is 28.9 Å². The van der Waals surface area contributed by atoms with Gasteiger partial charge in [0.1, 0.15) is 6.04 Å². The van der Waals surface area contributed by atoms with Crippen LogP contribution in [-0.4, -0.2) is 18.7 Å². The van der Waals surface area contributed by atoms with Gasteiger partial charge in [-0.25, -0.2) is 0 Å². The van der Waals surface area contributed by atoms with Crippen molar-refractivity contribution >= 4 is 40.6 Å². The first-order valence-electron chi connectivity index (χ1n) is 6.90. The minimum Gasteiger partial charge on any atom is -0.368 e. The minimum absolute atomic E-state index is 0.110. The topological polar surface area (TPSA) is 63.4 Å². The van der Waals surface area contributed by atoms with Gasteiger partial charge in [0.25, 0.3) is 0 Å². The lowest BCUT2D eigenvalue weighted by atomic mass is 10.0. The Labute approximate surface area is 144 Å². The molecule has 0 aromatic heterocycles. The predicted octanol–water partition coefficient (Wildman–Crippen LogP) is 3.86. The molecule has 0 saturated carbocycles. The average molecular weight is 351 g/mol. The molecule has 0 bridgehead atoms. The molecule has 0 aliphatic carbocycles. The minimum atomic E-state index is -0.892. The molecule has 0 radical (unpaired) electrons. The van der Waals surface area contributed by atoms with Crippen LogP contribution < -0.4 is 10.6 Å². The monoisotopic (exact) mass is 350 g/mol. The number of primary amides is 1. The van der Waals surface area contributed by atoms with Gasteiger partial charge in [-0.15, -0.1) is 0 Å². The van der Waals surface area contributed by atoms with Crippen molar-refractivity contribution in [2.75, 3.05) is 11.9 Å². The molecule has 0 heterocycles. The molecule has 2 aromatic carbocycles. The van der Waals surface area contributed by atoms with Crippen molar-refractivity contribution in [2.45, 2.75) is 13.0 Å². The summed E-state index contributed by atoms with van der Waals surface area (Å²) in [7, 11) is 1.68. The molecule has 1 amide bonds. The van der Waals surface area contributed by atoms with Crippen LogP contribution in [0.25, 0.3) is 0 Å². The van der Waals surface area contributed by atoms with Crippen LogP contribution in [0.2, 0.25) is 10.0 Å². The summed E-state index contributed by atoms with van der Waals surface area (Å²) in [5, 5.41) is 0.682. The van der Waals surface area contributed by atoms with Crippen LogP contribution in [0.3, 0.4) is 0 Å². The molecule has 120 valence electrons. The molecule has 2 rings (SSSR count). The molecule has 2 aromatic rings. The second-order valence-corrected chi connectivity index (χ2v) is 5.94. The highest BCUT2D eigenvalue weighted by atomic mass is 35.5. The number of likely N-dealkylation sites (N-methyl/N-ethyl adjacent to an activating group) is 1. The third-order valence-electron chi connectivity index (χ3n) is 3.59. The summed E-state index contributed by atoms with van der Waals surface area (Å²) in [5.41, 5.74) is 7.08. The lowest BCUT2D eigenvalue weighted by Gasteiger charge is -2.30. The van der Waals surface area contributed by atoms with Crippen molar-refractivity contribution in [3.63, 3.8) is 0 Å². The fourth-order valence-electron chi connectivity index (χ4n) is 2.52. The highest BCUT2D eigenvalue weighted by Gasteiger charge is 2.29. The fraction of sp³-hybridized carbons (Fsp3) is 0.176. The maximum Gasteiger partial charge on any atom is 0.244 e. The molecule has 0 aliphatic heterocycles. The van der Waals surface area contributed by atoms with E-state index >= 15 is 0 Å². The van der Waals surface area contributed by atoms with E-state index in [9.17, 15) is 9.59 Å². The van der Waals surface area contributed by atoms with Crippen LogP contribution in [-0.2, 0) is 4.79 Å². The van der Waals surface area contributed by atoms with E-state index in [-0.39, 0.29) is 5.78 Å². The SMILES string of the molecule is CC(=O)c1ccccc1N(C)C(C(N)=O)c1c(Cl)cccc1Cl. The summed E-state index contributed by atoms with van der Waals surface area (Å²) in [6, 6.07) is 11.1. The summed E-state index contributed by atoms with van der Waals surface area (Å²) in [6.45, 7) is 1.47. The van der Waals surface area contributed by atoms with Crippen molar-refractivity contribution < 1.29 is 9.59 Å². The molecule has 0 saturated heterocycles. The fourth-order valence-corrected chi connectivity index (χ4v) is 3.12. The van der Waals surface area contributed by atoms with Gasteiger partial charge in [0.2, 0.25) is 5.91 Å². The molecule has 1 unspecified atom stereocenters. The van der Waals surface area contributed by atoms with Crippen LogP contribution >= 0.6 is 23.2 Å². The van der Waals surface area contributed by atoms with Gasteiger partial charge in [-0.3, -0.25) is 9.59 Å². The Hall–Kier alpha value is -2.04. The Kier molecular flexibility index (Phi) is 5.29. The van der Waals surface area contributed by atoms with Gasteiger partial charge in [0, 0.05) is 33.9 Å². The first-order valence-corrected chi connectivity index (χ1v) is 7.66. The molecular formula is C17H16Cl2N2O2. The summed E-state index contributed by atoms with van der Waals surface area (Å²) in [6.07, 6.45) is 0. The number of hydrogen-bond acceptors (Lipinski definition) is 3. The molecule has 6 heteroatoms. The standard InChI is InChI=1S/C17H16Cl2N2O2/c1-10(22)11-6-3-4-9-14(11)21(2)16(17(20)23)15-12(18)7-5-8-13(15)19/h3-9,16H,1-2H3,(H2,20,23). The number of halogens is 2. The van der Waals surface area contributed by atoms with E-state index in [1.54, 1.807) is 54.4 Å². The number of hydrogen-bond donors (Lipinski definition) is 1. The largest absolute Gasteiger partial charge is 0.368 e. The van der Waals surface area contributed by atoms with E-state index in [1.807, 2.05) is 0 Å². The number of nitrogens with zero attached hydrogens (tertiary/aromatic N) is 1. The van der Waals surface area contributed by atoms with E-state index in [2.05, 4.69) is 0 Å². The number of nitrogens with two attached hydrogens (primary N) is 1. The van der Waals surface area contributed by atoms with Crippen LogP contribution in [0.1, 0.15) is 28.9 Å². The molecule has 0 fully saturated rings. The first kappa shape index (κ1) is 17.3. The lowest BCUT2D eigenvalue weighted by Crippen LogP contribution is -2.36. The third-order valence-corrected chi connectivity index (χ3v) is 4.25. The zero-order chi connectivity index (χ0) is 17.1. The summed E-state index contributed by atoms with van der Waals surface area (Å²) in [5.74, 6) is -0.721. The van der Waals surface area contributed by atoms with Crippen molar-refractivity contribution in [1.82, 2.24) is 0 Å². The maximum atomic E-state index is 12.1. The molecule has 2 N–H and O–H groups in total. The van der Waals surface area contributed by atoms with Crippen molar-refractivity contribution in [3.8, 4) is 0 Å². The van der Waals surface area contributed by atoms with Crippen LogP contribution in [0.15, 0.2) is 42.5 Å². The Morgan fingerprint density at radius 3 is 2.13 bits per heavy atom. The average Bonchev–Trinajstić information content (AvgIpc) is 2.50. The van der Waals surface area contributed by atoms with Crippen molar-refractivity contribution in [3.05, 3.63) is 63.6 Å². The molecule has 4 nitrogen and oxygen atoms in total. The van der Waals surface area contributed by atoms with Crippen molar-refractivity contribution in [2.24, 2.45) is 5.73 Å². The summed E-state index contributed by atoms with van der Waals surface area (Å²) >= 11 is 12.4. The predicted molar refractivity (Wildman–Crippen MR) is 93.2 cm³/mol. The maximum absolute atomic E-state index is 12.1. The Morgan fingerprint density at radius 2 is 1.61 bits per heavy atom. The van der Waals surface area contributed by atoms with Gasteiger partial charge in [-0.05, 0) is 31.2 Å². The van der Waals surface area contributed by atoms with Crippen LogP contribution in [0.4, 0.5) is 5.69 Å². The smallest absolute Gasteiger partial charge is 0.244 e. The highest BCUT2D eigenvalue weighted by Crippen LogP contribution is 2.36. The Bertz CT molecular complexity index is 742. The Morgan fingerprint density at radius 1 is 1.04 bits per heavy atom.